The van der Waals surface area contributed by atoms with Crippen LogP contribution in [0.25, 0.3) is 0 Å². The number of rotatable bonds is 7. The van der Waals surface area contributed by atoms with E-state index in [1.807, 2.05) is 0 Å². The third-order valence-corrected chi connectivity index (χ3v) is 4.02. The molecule has 21 heavy (non-hydrogen) atoms. The highest BCUT2D eigenvalue weighted by Crippen LogP contribution is 2.12. The first kappa shape index (κ1) is 15.7. The van der Waals surface area contributed by atoms with Gasteiger partial charge in [-0.25, -0.2) is 0 Å². The van der Waals surface area contributed by atoms with Crippen LogP contribution in [0.15, 0.2) is 54.6 Å². The van der Waals surface area contributed by atoms with Gasteiger partial charge in [-0.05, 0) is 37.9 Å². The Morgan fingerprint density at radius 3 is 2.38 bits per heavy atom. The molecular formula is C19H26N2. The predicted octanol–water partition coefficient (Wildman–Crippen LogP) is 3.39. The molecule has 0 bridgehead atoms. The van der Waals surface area contributed by atoms with Crippen LogP contribution in [0.1, 0.15) is 23.1 Å². The first-order valence-electron chi connectivity index (χ1n) is 7.69. The molecule has 0 heterocycles. The molecule has 1 unspecified atom stereocenters. The molecule has 2 rings (SSSR count). The van der Waals surface area contributed by atoms with Gasteiger partial charge in [-0.3, -0.25) is 4.90 Å². The molecule has 0 fully saturated rings. The highest BCUT2D eigenvalue weighted by molar-refractivity contribution is 5.22. The first-order chi connectivity index (χ1) is 10.2. The van der Waals surface area contributed by atoms with Gasteiger partial charge in [0.25, 0.3) is 0 Å². The van der Waals surface area contributed by atoms with Crippen molar-refractivity contribution in [2.45, 2.75) is 32.4 Å². The molecule has 2 N–H and O–H groups in total. The third-order valence-electron chi connectivity index (χ3n) is 4.02. The zero-order chi connectivity index (χ0) is 15.1. The van der Waals surface area contributed by atoms with E-state index in [1.54, 1.807) is 0 Å². The minimum Gasteiger partial charge on any atom is -0.329 e. The van der Waals surface area contributed by atoms with Crippen LogP contribution in [-0.2, 0) is 13.0 Å². The fourth-order valence-electron chi connectivity index (χ4n) is 2.72. The standard InChI is InChI=1S/C19H26N2/c1-16-7-6-10-18(13-16)15-21(2)19(14-20)12-11-17-8-4-3-5-9-17/h3-10,13,19H,11-12,14-15,20H2,1-2H3. The minimum atomic E-state index is 0.422. The normalized spacial score (nSPS) is 12.6. The van der Waals surface area contributed by atoms with Crippen LogP contribution in [0.2, 0.25) is 0 Å². The molecule has 0 aromatic heterocycles. The minimum absolute atomic E-state index is 0.422. The topological polar surface area (TPSA) is 29.3 Å². The van der Waals surface area contributed by atoms with Gasteiger partial charge in [0.05, 0.1) is 0 Å². The Hall–Kier alpha value is -1.64. The van der Waals surface area contributed by atoms with Crippen LogP contribution >= 0.6 is 0 Å². The summed E-state index contributed by atoms with van der Waals surface area (Å²) in [5.74, 6) is 0. The lowest BCUT2D eigenvalue weighted by molar-refractivity contribution is 0.227. The van der Waals surface area contributed by atoms with Gasteiger partial charge in [-0.2, -0.15) is 0 Å². The van der Waals surface area contributed by atoms with Gasteiger partial charge in [0.15, 0.2) is 0 Å². The van der Waals surface area contributed by atoms with Crippen molar-refractivity contribution >= 4 is 0 Å². The Kier molecular flexibility index (Phi) is 5.97. The van der Waals surface area contributed by atoms with Gasteiger partial charge >= 0.3 is 0 Å². The van der Waals surface area contributed by atoms with Gasteiger partial charge in [0.2, 0.25) is 0 Å². The second kappa shape index (κ2) is 7.96. The molecule has 0 aliphatic heterocycles. The van der Waals surface area contributed by atoms with Crippen molar-refractivity contribution in [1.29, 1.82) is 0 Å². The lowest BCUT2D eigenvalue weighted by Crippen LogP contribution is -2.37. The molecule has 2 heteroatoms. The Labute approximate surface area is 128 Å². The molecule has 0 aliphatic carbocycles. The molecule has 2 aromatic carbocycles. The molecular weight excluding hydrogens is 256 g/mol. The van der Waals surface area contributed by atoms with Gasteiger partial charge in [0.1, 0.15) is 0 Å². The third kappa shape index (κ3) is 5.00. The van der Waals surface area contributed by atoms with Gasteiger partial charge in [-0.15, -0.1) is 0 Å². The Balaban J connectivity index is 1.90. The molecule has 2 nitrogen and oxygen atoms in total. The van der Waals surface area contributed by atoms with E-state index in [1.165, 1.54) is 16.7 Å². The summed E-state index contributed by atoms with van der Waals surface area (Å²) in [6, 6.07) is 19.8. The number of hydrogen-bond acceptors (Lipinski definition) is 2. The number of hydrogen-bond donors (Lipinski definition) is 1. The lowest BCUT2D eigenvalue weighted by Gasteiger charge is -2.27. The van der Waals surface area contributed by atoms with Crippen LogP contribution in [0, 0.1) is 6.92 Å². The summed E-state index contributed by atoms with van der Waals surface area (Å²) < 4.78 is 0. The van der Waals surface area contributed by atoms with Crippen molar-refractivity contribution in [3.8, 4) is 0 Å². The summed E-state index contributed by atoms with van der Waals surface area (Å²) in [5, 5.41) is 0. The van der Waals surface area contributed by atoms with E-state index in [0.717, 1.165) is 19.4 Å². The average Bonchev–Trinajstić information content (AvgIpc) is 2.49. The van der Waals surface area contributed by atoms with Crippen LogP contribution in [0.3, 0.4) is 0 Å². The van der Waals surface area contributed by atoms with E-state index in [0.29, 0.717) is 12.6 Å². The Morgan fingerprint density at radius 2 is 1.71 bits per heavy atom. The summed E-state index contributed by atoms with van der Waals surface area (Å²) in [7, 11) is 2.17. The fourth-order valence-corrected chi connectivity index (χ4v) is 2.72. The molecule has 0 aliphatic rings. The predicted molar refractivity (Wildman–Crippen MR) is 90.3 cm³/mol. The smallest absolute Gasteiger partial charge is 0.0234 e. The number of likely N-dealkylation sites (N-methyl/N-ethyl adjacent to an activating group) is 1. The fraction of sp³-hybridized carbons (Fsp3) is 0.368. The van der Waals surface area contributed by atoms with Crippen molar-refractivity contribution in [2.24, 2.45) is 5.73 Å². The number of aryl methyl sites for hydroxylation is 2. The number of nitrogens with zero attached hydrogens (tertiary/aromatic N) is 1. The molecule has 0 saturated heterocycles. The van der Waals surface area contributed by atoms with E-state index >= 15 is 0 Å². The highest BCUT2D eigenvalue weighted by Gasteiger charge is 2.13. The summed E-state index contributed by atoms with van der Waals surface area (Å²) in [5.41, 5.74) is 10.0. The van der Waals surface area contributed by atoms with E-state index in [9.17, 15) is 0 Å². The summed E-state index contributed by atoms with van der Waals surface area (Å²) in [6.45, 7) is 3.80. The second-order valence-corrected chi connectivity index (χ2v) is 5.82. The van der Waals surface area contributed by atoms with Crippen molar-refractivity contribution in [3.63, 3.8) is 0 Å². The first-order valence-corrected chi connectivity index (χ1v) is 7.69. The quantitative estimate of drug-likeness (QED) is 0.843. The average molecular weight is 282 g/mol. The maximum absolute atomic E-state index is 5.98. The zero-order valence-corrected chi connectivity index (χ0v) is 13.1. The zero-order valence-electron chi connectivity index (χ0n) is 13.1. The maximum Gasteiger partial charge on any atom is 0.0234 e. The Bertz CT molecular complexity index is 536. The monoisotopic (exact) mass is 282 g/mol. The van der Waals surface area contributed by atoms with Gasteiger partial charge < -0.3 is 5.73 Å². The highest BCUT2D eigenvalue weighted by atomic mass is 15.1. The van der Waals surface area contributed by atoms with Crippen LogP contribution in [-0.4, -0.2) is 24.5 Å². The van der Waals surface area contributed by atoms with Crippen molar-refractivity contribution in [1.82, 2.24) is 4.90 Å². The van der Waals surface area contributed by atoms with Crippen molar-refractivity contribution < 1.29 is 0 Å². The van der Waals surface area contributed by atoms with E-state index in [4.69, 9.17) is 5.73 Å². The number of nitrogens with two attached hydrogens (primary N) is 1. The molecule has 2 aromatic rings. The molecule has 1 atom stereocenters. The van der Waals surface area contributed by atoms with E-state index in [-0.39, 0.29) is 0 Å². The van der Waals surface area contributed by atoms with Crippen LogP contribution in [0.4, 0.5) is 0 Å². The molecule has 0 saturated carbocycles. The molecule has 0 radical (unpaired) electrons. The van der Waals surface area contributed by atoms with Crippen molar-refractivity contribution in [3.05, 3.63) is 71.3 Å². The molecule has 112 valence electrons. The lowest BCUT2D eigenvalue weighted by atomic mass is 10.0. The Morgan fingerprint density at radius 1 is 1.00 bits per heavy atom. The molecule has 0 spiro atoms. The summed E-state index contributed by atoms with van der Waals surface area (Å²) >= 11 is 0. The van der Waals surface area contributed by atoms with Gasteiger partial charge in [0, 0.05) is 19.1 Å². The van der Waals surface area contributed by atoms with Crippen LogP contribution in [0.5, 0.6) is 0 Å². The van der Waals surface area contributed by atoms with Crippen molar-refractivity contribution in [2.75, 3.05) is 13.6 Å². The van der Waals surface area contributed by atoms with Crippen LogP contribution < -0.4 is 5.73 Å². The summed E-state index contributed by atoms with van der Waals surface area (Å²) in [4.78, 5) is 2.37. The van der Waals surface area contributed by atoms with E-state index in [2.05, 4.69) is 73.5 Å². The second-order valence-electron chi connectivity index (χ2n) is 5.82. The summed E-state index contributed by atoms with van der Waals surface area (Å²) in [6.07, 6.45) is 2.18. The maximum atomic E-state index is 5.98. The van der Waals surface area contributed by atoms with Gasteiger partial charge in [-0.1, -0.05) is 60.2 Å². The largest absolute Gasteiger partial charge is 0.329 e. The van der Waals surface area contributed by atoms with E-state index < -0.39 is 0 Å². The number of benzene rings is 2. The SMILES string of the molecule is Cc1cccc(CN(C)C(CN)CCc2ccccc2)c1. The molecule has 0 amide bonds.